The number of carbonyl (C=O) groups excluding carboxylic acids is 6. The van der Waals surface area contributed by atoms with Crippen molar-refractivity contribution in [3.8, 4) is 0 Å². The first kappa shape index (κ1) is 42.7. The first-order valence-corrected chi connectivity index (χ1v) is 17.7. The number of halogens is 1. The minimum Gasteiger partial charge on any atom is -0.444 e. The van der Waals surface area contributed by atoms with Crippen molar-refractivity contribution in [1.29, 1.82) is 0 Å². The topological polar surface area (TPSA) is 148 Å². The molecule has 0 saturated carbocycles. The molecule has 2 aromatic rings. The highest BCUT2D eigenvalue weighted by atomic mass is 19.1. The summed E-state index contributed by atoms with van der Waals surface area (Å²) in [5, 5.41) is 4.12. The molecule has 1 saturated heterocycles. The molecule has 53 heavy (non-hydrogen) atoms. The van der Waals surface area contributed by atoms with Crippen LogP contribution in [0.2, 0.25) is 0 Å². The van der Waals surface area contributed by atoms with Gasteiger partial charge >= 0.3 is 12.1 Å². The van der Waals surface area contributed by atoms with Crippen molar-refractivity contribution >= 4 is 46.6 Å². The van der Waals surface area contributed by atoms with E-state index in [-0.39, 0.29) is 24.3 Å². The Kier molecular flexibility index (Phi) is 12.6. The van der Waals surface area contributed by atoms with Gasteiger partial charge in [0.05, 0.1) is 11.6 Å². The molecule has 14 heteroatoms. The van der Waals surface area contributed by atoms with Gasteiger partial charge < -0.3 is 24.4 Å². The molecule has 2 heterocycles. The number of aryl methyl sites for hydroxylation is 1. The maximum Gasteiger partial charge on any atom is 0.410 e. The van der Waals surface area contributed by atoms with Crippen molar-refractivity contribution in [3.05, 3.63) is 47.4 Å². The van der Waals surface area contributed by atoms with Crippen LogP contribution in [0.25, 0.3) is 10.9 Å². The molecule has 13 nitrogen and oxygen atoms in total. The van der Waals surface area contributed by atoms with Crippen molar-refractivity contribution < 1.29 is 42.7 Å². The Hall–Kier alpha value is -4.75. The molecule has 1 aromatic carbocycles. The molecule has 292 valence electrons. The van der Waals surface area contributed by atoms with E-state index in [2.05, 4.69) is 5.32 Å². The molecule has 1 fully saturated rings. The van der Waals surface area contributed by atoms with E-state index >= 15 is 0 Å². The lowest BCUT2D eigenvalue weighted by molar-refractivity contribution is -0.194. The van der Waals surface area contributed by atoms with E-state index in [0.29, 0.717) is 21.5 Å². The average molecular weight is 742 g/mol. The maximum absolute atomic E-state index is 14.7. The van der Waals surface area contributed by atoms with Gasteiger partial charge in [-0.15, -0.1) is 5.06 Å². The summed E-state index contributed by atoms with van der Waals surface area (Å²) in [5.41, 5.74) is -1.48. The van der Waals surface area contributed by atoms with E-state index < -0.39 is 76.1 Å². The second-order valence-corrected chi connectivity index (χ2v) is 16.8. The van der Waals surface area contributed by atoms with Gasteiger partial charge in [-0.1, -0.05) is 54.5 Å². The quantitative estimate of drug-likeness (QED) is 0.238. The number of rotatable bonds is 11. The fourth-order valence-corrected chi connectivity index (χ4v) is 6.55. The number of benzene rings is 1. The Balaban J connectivity index is 2.04. The summed E-state index contributed by atoms with van der Waals surface area (Å²) >= 11 is 0. The van der Waals surface area contributed by atoms with E-state index in [4.69, 9.17) is 9.57 Å². The Morgan fingerprint density at radius 1 is 0.943 bits per heavy atom. The number of hydrogen-bond acceptors (Lipinski definition) is 8. The van der Waals surface area contributed by atoms with Crippen molar-refractivity contribution in [2.75, 3.05) is 14.1 Å². The lowest BCUT2D eigenvalue weighted by Gasteiger charge is -2.42. The number of imide groups is 1. The Bertz CT molecular complexity index is 1780. The number of nitrogens with one attached hydrogen (secondary N) is 1. The number of nitrogens with zero attached hydrogens (tertiary/aromatic N) is 4. The van der Waals surface area contributed by atoms with E-state index in [9.17, 15) is 33.2 Å². The maximum atomic E-state index is 14.7. The van der Waals surface area contributed by atoms with Gasteiger partial charge in [0.2, 0.25) is 11.8 Å². The number of amides is 5. The van der Waals surface area contributed by atoms with Crippen LogP contribution >= 0.6 is 0 Å². The molecule has 3 atom stereocenters. The minimum absolute atomic E-state index is 0.0474. The van der Waals surface area contributed by atoms with Crippen LogP contribution in [0.3, 0.4) is 0 Å². The number of carbonyl (C=O) groups is 6. The fourth-order valence-electron chi connectivity index (χ4n) is 6.55. The van der Waals surface area contributed by atoms with Crippen molar-refractivity contribution in [1.82, 2.24) is 24.7 Å². The summed E-state index contributed by atoms with van der Waals surface area (Å²) in [6.07, 6.45) is 2.49. The Labute approximate surface area is 311 Å². The van der Waals surface area contributed by atoms with Gasteiger partial charge in [-0.25, -0.2) is 14.0 Å². The van der Waals surface area contributed by atoms with Crippen LogP contribution in [0.15, 0.2) is 36.0 Å². The minimum atomic E-state index is -1.22. The summed E-state index contributed by atoms with van der Waals surface area (Å²) in [6, 6.07) is 1.37. The zero-order valence-corrected chi connectivity index (χ0v) is 33.5. The third kappa shape index (κ3) is 9.63. The van der Waals surface area contributed by atoms with Crippen LogP contribution in [0, 0.1) is 17.2 Å². The molecule has 5 amide bonds. The number of fused-ring (bicyclic) bond motifs is 1. The molecule has 1 unspecified atom stereocenters. The predicted octanol–water partition coefficient (Wildman–Crippen LogP) is 5.40. The molecule has 1 aliphatic heterocycles. The van der Waals surface area contributed by atoms with Gasteiger partial charge in [0.25, 0.3) is 11.8 Å². The molecule has 0 bridgehead atoms. The lowest BCUT2D eigenvalue weighted by atomic mass is 9.76. The Morgan fingerprint density at radius 3 is 2.02 bits per heavy atom. The average Bonchev–Trinajstić information content (AvgIpc) is 3.53. The lowest BCUT2D eigenvalue weighted by Crippen LogP contribution is -2.63. The number of likely N-dealkylation sites (N-methyl/N-ethyl adjacent to an activating group) is 2. The van der Waals surface area contributed by atoms with Gasteiger partial charge in [-0.2, -0.15) is 0 Å². The molecule has 3 rings (SSSR count). The zero-order valence-electron chi connectivity index (χ0n) is 33.5. The summed E-state index contributed by atoms with van der Waals surface area (Å²) < 4.78 is 21.7. The van der Waals surface area contributed by atoms with Crippen molar-refractivity contribution in [2.45, 2.75) is 118 Å². The third-order valence-electron chi connectivity index (χ3n) is 9.45. The smallest absolute Gasteiger partial charge is 0.410 e. The van der Waals surface area contributed by atoms with E-state index in [1.807, 2.05) is 13.8 Å². The largest absolute Gasteiger partial charge is 0.444 e. The summed E-state index contributed by atoms with van der Waals surface area (Å²) in [5.74, 6) is -3.87. The molecular formula is C39H56FN5O8. The highest BCUT2D eigenvalue weighted by molar-refractivity contribution is 6.02. The zero-order chi connectivity index (χ0) is 40.5. The molecular weight excluding hydrogens is 685 g/mol. The van der Waals surface area contributed by atoms with Crippen LogP contribution in [0.4, 0.5) is 9.18 Å². The first-order chi connectivity index (χ1) is 24.2. The van der Waals surface area contributed by atoms with Gasteiger partial charge in [0.15, 0.2) is 0 Å². The second kappa shape index (κ2) is 15.7. The Morgan fingerprint density at radius 2 is 1.51 bits per heavy atom. The van der Waals surface area contributed by atoms with Gasteiger partial charge in [-0.3, -0.25) is 24.1 Å². The van der Waals surface area contributed by atoms with Gasteiger partial charge in [-0.05, 0) is 62.8 Å². The normalized spacial score (nSPS) is 16.1. The molecule has 1 aromatic heterocycles. The standard InChI is InChI=1S/C39H56FN5O8/c1-22(2)27(19-23(3)35(50)53-45-29(46)17-18-30(45)47)43(13)34(49)31(37(4,5)6)41-33(48)32(44(14)36(51)52-38(7,8)9)39(10,11)26-21-42(12)28-20-24(40)15-16-25(26)28/h15-16,19-22,27,31-32H,17-18H2,1-14H3,(H,41,48)/b23-19+/t27-,31?,32-/m1/s1. The molecule has 1 N–H and O–H groups in total. The summed E-state index contributed by atoms with van der Waals surface area (Å²) in [7, 11) is 4.80. The molecule has 0 radical (unpaired) electrons. The van der Waals surface area contributed by atoms with E-state index in [1.165, 1.54) is 42.0 Å². The van der Waals surface area contributed by atoms with Crippen LogP contribution in [0.5, 0.6) is 0 Å². The number of hydroxylamine groups is 2. The highest BCUT2D eigenvalue weighted by Crippen LogP contribution is 2.37. The van der Waals surface area contributed by atoms with Crippen LogP contribution in [0.1, 0.15) is 94.6 Å². The SMILES string of the molecule is C/C(=C\[C@H](C(C)C)N(C)C(=O)C(NC(=O)[C@@H](N(C)C(=O)OC(C)(C)C)C(C)(C)c1cn(C)c2cc(F)ccc12)C(C)(C)C)C(=O)ON1C(=O)CCC1=O. The number of ether oxygens (including phenoxy) is 1. The van der Waals surface area contributed by atoms with E-state index in [0.717, 1.165) is 0 Å². The summed E-state index contributed by atoms with van der Waals surface area (Å²) in [6.45, 7) is 19.3. The first-order valence-electron chi connectivity index (χ1n) is 17.7. The molecule has 0 spiro atoms. The second-order valence-electron chi connectivity index (χ2n) is 16.8. The van der Waals surface area contributed by atoms with Crippen LogP contribution in [-0.4, -0.2) is 92.9 Å². The molecule has 0 aliphatic carbocycles. The highest BCUT2D eigenvalue weighted by Gasteiger charge is 2.47. The monoisotopic (exact) mass is 741 g/mol. The van der Waals surface area contributed by atoms with Gasteiger partial charge in [0, 0.05) is 56.6 Å². The van der Waals surface area contributed by atoms with Gasteiger partial charge in [0.1, 0.15) is 23.5 Å². The predicted molar refractivity (Wildman–Crippen MR) is 197 cm³/mol. The number of hydrogen-bond donors (Lipinski definition) is 1. The third-order valence-corrected chi connectivity index (χ3v) is 9.45. The fraction of sp³-hybridized carbons (Fsp3) is 0.590. The van der Waals surface area contributed by atoms with E-state index in [1.54, 1.807) is 86.3 Å². The molecule has 1 aliphatic rings. The van der Waals surface area contributed by atoms with Crippen LogP contribution < -0.4 is 5.32 Å². The van der Waals surface area contributed by atoms with Crippen molar-refractivity contribution in [2.24, 2.45) is 18.4 Å². The summed E-state index contributed by atoms with van der Waals surface area (Å²) in [4.78, 5) is 87.4. The number of aromatic nitrogens is 1. The van der Waals surface area contributed by atoms with Crippen LogP contribution in [-0.2, 0) is 46.0 Å². The van der Waals surface area contributed by atoms with Crippen molar-refractivity contribution in [3.63, 3.8) is 0 Å².